The third kappa shape index (κ3) is 2.82. The van der Waals surface area contributed by atoms with Gasteiger partial charge in [0.25, 0.3) is 0 Å². The lowest BCUT2D eigenvalue weighted by atomic mass is 10.1. The molecule has 0 saturated carbocycles. The van der Waals surface area contributed by atoms with Crippen LogP contribution in [0.15, 0.2) is 30.6 Å². The molecular weight excluding hydrogens is 262 g/mol. The molecule has 1 aromatic carbocycles. The van der Waals surface area contributed by atoms with Crippen LogP contribution < -0.4 is 4.74 Å². The molecule has 7 nitrogen and oxygen atoms in total. The van der Waals surface area contributed by atoms with Crippen LogP contribution in [0.25, 0.3) is 0 Å². The number of hydrogen-bond acceptors (Lipinski definition) is 5. The summed E-state index contributed by atoms with van der Waals surface area (Å²) < 4.78 is 7.10. The van der Waals surface area contributed by atoms with Gasteiger partial charge in [0.1, 0.15) is 0 Å². The van der Waals surface area contributed by atoms with Gasteiger partial charge in [0.2, 0.25) is 5.75 Å². The zero-order valence-electron chi connectivity index (χ0n) is 11.1. The number of nitro benzene ring substituents is 1. The van der Waals surface area contributed by atoms with Gasteiger partial charge in [-0.2, -0.15) is 5.10 Å². The summed E-state index contributed by atoms with van der Waals surface area (Å²) in [7, 11) is 0. The summed E-state index contributed by atoms with van der Waals surface area (Å²) in [6, 6.07) is 4.12. The molecule has 0 spiro atoms. The van der Waals surface area contributed by atoms with E-state index in [0.29, 0.717) is 12.3 Å². The minimum absolute atomic E-state index is 0.0793. The number of nitrogens with zero attached hydrogens (tertiary/aromatic N) is 3. The highest BCUT2D eigenvalue weighted by Gasteiger charge is 2.18. The van der Waals surface area contributed by atoms with Crippen molar-refractivity contribution in [2.24, 2.45) is 0 Å². The van der Waals surface area contributed by atoms with Crippen molar-refractivity contribution in [1.82, 2.24) is 9.78 Å². The van der Waals surface area contributed by atoms with Crippen molar-refractivity contribution in [2.75, 3.05) is 0 Å². The molecule has 0 aliphatic heterocycles. The summed E-state index contributed by atoms with van der Waals surface area (Å²) in [5.74, 6) is 0.250. The van der Waals surface area contributed by atoms with E-state index in [2.05, 4.69) is 5.10 Å². The molecule has 0 bridgehead atoms. The summed E-state index contributed by atoms with van der Waals surface area (Å²) in [6.45, 7) is 3.94. The predicted octanol–water partition coefficient (Wildman–Crippen LogP) is 2.81. The second kappa shape index (κ2) is 5.52. The lowest BCUT2D eigenvalue weighted by Gasteiger charge is -2.05. The highest BCUT2D eigenvalue weighted by molar-refractivity contribution is 5.95. The van der Waals surface area contributed by atoms with Crippen LogP contribution in [-0.4, -0.2) is 20.5 Å². The molecule has 0 N–H and O–H groups in total. The number of aryl methyl sites for hydroxylation is 1. The first-order valence-corrected chi connectivity index (χ1v) is 6.01. The number of benzene rings is 1. The fourth-order valence-corrected chi connectivity index (χ4v) is 1.66. The number of hydrogen-bond donors (Lipinski definition) is 0. The van der Waals surface area contributed by atoms with E-state index >= 15 is 0 Å². The lowest BCUT2D eigenvalue weighted by molar-refractivity contribution is -0.385. The Morgan fingerprint density at radius 2 is 2.25 bits per heavy atom. The maximum absolute atomic E-state index is 11.3. The summed E-state index contributed by atoms with van der Waals surface area (Å²) in [5, 5.41) is 15.1. The molecule has 20 heavy (non-hydrogen) atoms. The molecule has 0 aliphatic rings. The molecule has 0 aliphatic carbocycles. The highest BCUT2D eigenvalue weighted by Crippen LogP contribution is 2.32. The van der Waals surface area contributed by atoms with Gasteiger partial charge >= 0.3 is 5.69 Å². The Morgan fingerprint density at radius 1 is 1.50 bits per heavy atom. The minimum atomic E-state index is -0.577. The first-order chi connectivity index (χ1) is 9.51. The van der Waals surface area contributed by atoms with Gasteiger partial charge in [0.15, 0.2) is 11.5 Å². The van der Waals surface area contributed by atoms with Crippen LogP contribution in [0.1, 0.15) is 24.2 Å². The molecule has 7 heteroatoms. The van der Waals surface area contributed by atoms with E-state index in [1.165, 1.54) is 31.3 Å². The number of rotatable bonds is 5. The first-order valence-electron chi connectivity index (χ1n) is 6.01. The third-order valence-corrected chi connectivity index (χ3v) is 2.72. The van der Waals surface area contributed by atoms with Gasteiger partial charge < -0.3 is 4.74 Å². The Bertz CT molecular complexity index is 663. The largest absolute Gasteiger partial charge is 0.447 e. The molecule has 0 amide bonds. The van der Waals surface area contributed by atoms with Crippen LogP contribution >= 0.6 is 0 Å². The van der Waals surface area contributed by atoms with Crippen LogP contribution in [0.5, 0.6) is 11.5 Å². The molecule has 104 valence electrons. The van der Waals surface area contributed by atoms with Crippen molar-refractivity contribution in [1.29, 1.82) is 0 Å². The number of carbonyl (C=O) groups is 1. The van der Waals surface area contributed by atoms with Crippen LogP contribution in [0.2, 0.25) is 0 Å². The van der Waals surface area contributed by atoms with E-state index in [1.807, 2.05) is 6.92 Å². The summed E-state index contributed by atoms with van der Waals surface area (Å²) in [4.78, 5) is 21.7. The maximum atomic E-state index is 11.3. The van der Waals surface area contributed by atoms with Gasteiger partial charge in [-0.1, -0.05) is 0 Å². The fourth-order valence-electron chi connectivity index (χ4n) is 1.66. The normalized spacial score (nSPS) is 10.3. The number of carbonyl (C=O) groups excluding carboxylic acids is 1. The monoisotopic (exact) mass is 275 g/mol. The topological polar surface area (TPSA) is 87.3 Å². The van der Waals surface area contributed by atoms with E-state index in [0.717, 1.165) is 0 Å². The van der Waals surface area contributed by atoms with Crippen molar-refractivity contribution in [2.45, 2.75) is 20.4 Å². The summed E-state index contributed by atoms with van der Waals surface area (Å²) in [5.41, 5.74) is 0.0234. The average molecular weight is 275 g/mol. The first kappa shape index (κ1) is 13.7. The molecule has 2 rings (SSSR count). The van der Waals surface area contributed by atoms with Gasteiger partial charge in [0.05, 0.1) is 17.3 Å². The Labute approximate surface area is 114 Å². The third-order valence-electron chi connectivity index (χ3n) is 2.72. The minimum Gasteiger partial charge on any atom is -0.447 e. The number of aromatic nitrogens is 2. The molecule has 0 fully saturated rings. The number of ether oxygens (including phenoxy) is 1. The number of Topliss-reactive ketones (excluding diaryl/α,β-unsaturated/α-hetero) is 1. The van der Waals surface area contributed by atoms with Crippen molar-refractivity contribution >= 4 is 11.5 Å². The molecule has 0 saturated heterocycles. The second-order valence-electron chi connectivity index (χ2n) is 4.13. The quantitative estimate of drug-likeness (QED) is 0.475. The van der Waals surface area contributed by atoms with E-state index < -0.39 is 4.92 Å². The van der Waals surface area contributed by atoms with Gasteiger partial charge in [-0.15, -0.1) is 0 Å². The maximum Gasteiger partial charge on any atom is 0.312 e. The molecule has 0 atom stereocenters. The number of ketones is 1. The van der Waals surface area contributed by atoms with Crippen molar-refractivity contribution < 1.29 is 14.5 Å². The molecule has 0 radical (unpaired) electrons. The standard InChI is InChI=1S/C13H13N3O4/c1-3-15-8-11(7-14-15)20-13-5-4-10(9(2)17)6-12(13)16(18)19/h4-8H,3H2,1-2H3. The highest BCUT2D eigenvalue weighted by atomic mass is 16.6. The summed E-state index contributed by atoms with van der Waals surface area (Å²) in [6.07, 6.45) is 3.12. The average Bonchev–Trinajstić information content (AvgIpc) is 2.86. The molecule has 0 unspecified atom stereocenters. The zero-order chi connectivity index (χ0) is 14.7. The molecular formula is C13H13N3O4. The Kier molecular flexibility index (Phi) is 3.79. The Morgan fingerprint density at radius 3 is 2.80 bits per heavy atom. The van der Waals surface area contributed by atoms with Gasteiger partial charge in [-0.25, -0.2) is 0 Å². The van der Waals surface area contributed by atoms with Crippen molar-refractivity contribution in [3.63, 3.8) is 0 Å². The van der Waals surface area contributed by atoms with Gasteiger partial charge in [-0.05, 0) is 26.0 Å². The van der Waals surface area contributed by atoms with E-state index in [1.54, 1.807) is 10.9 Å². The summed E-state index contributed by atoms with van der Waals surface area (Å²) >= 11 is 0. The van der Waals surface area contributed by atoms with Crippen LogP contribution in [0.3, 0.4) is 0 Å². The van der Waals surface area contributed by atoms with E-state index in [9.17, 15) is 14.9 Å². The molecule has 1 aromatic heterocycles. The van der Waals surface area contributed by atoms with Crippen molar-refractivity contribution in [3.8, 4) is 11.5 Å². The molecule has 1 heterocycles. The smallest absolute Gasteiger partial charge is 0.312 e. The SMILES string of the molecule is CCn1cc(Oc2ccc(C(C)=O)cc2[N+](=O)[O-])cn1. The number of nitro groups is 1. The van der Waals surface area contributed by atoms with Crippen molar-refractivity contribution in [3.05, 3.63) is 46.3 Å². The Hall–Kier alpha value is -2.70. The van der Waals surface area contributed by atoms with Gasteiger partial charge in [0, 0.05) is 18.2 Å². The second-order valence-corrected chi connectivity index (χ2v) is 4.13. The lowest BCUT2D eigenvalue weighted by Crippen LogP contribution is -1.98. The van der Waals surface area contributed by atoms with Crippen LogP contribution in [-0.2, 0) is 6.54 Å². The van der Waals surface area contributed by atoms with Crippen LogP contribution in [0.4, 0.5) is 5.69 Å². The zero-order valence-corrected chi connectivity index (χ0v) is 11.1. The van der Waals surface area contributed by atoms with Gasteiger partial charge in [-0.3, -0.25) is 19.6 Å². The van der Waals surface area contributed by atoms with E-state index in [4.69, 9.17) is 4.74 Å². The fraction of sp³-hybridized carbons (Fsp3) is 0.231. The van der Waals surface area contributed by atoms with E-state index in [-0.39, 0.29) is 22.8 Å². The van der Waals surface area contributed by atoms with Crippen LogP contribution in [0, 0.1) is 10.1 Å². The molecule has 2 aromatic rings. The predicted molar refractivity (Wildman–Crippen MR) is 71.1 cm³/mol. The Balaban J connectivity index is 2.35.